The molecule has 0 aliphatic carbocycles. The highest BCUT2D eigenvalue weighted by atomic mass is 32.2. The molecule has 21 heavy (non-hydrogen) atoms. The van der Waals surface area contributed by atoms with Gasteiger partial charge in [0.15, 0.2) is 6.21 Å². The molecule has 1 fully saturated rings. The fraction of sp³-hybridized carbons (Fsp3) is 0.385. The van der Waals surface area contributed by atoms with E-state index in [4.69, 9.17) is 12.2 Å². The quantitative estimate of drug-likeness (QED) is 0.212. The zero-order valence-electron chi connectivity index (χ0n) is 11.8. The maximum absolute atomic E-state index is 12.4. The van der Waals surface area contributed by atoms with Crippen LogP contribution in [0.1, 0.15) is 19.4 Å². The molecule has 6 nitrogen and oxygen atoms in total. The van der Waals surface area contributed by atoms with Crippen LogP contribution < -0.4 is 0 Å². The van der Waals surface area contributed by atoms with E-state index in [2.05, 4.69) is 0 Å². The number of thioether (sulfide) groups is 1. The SMILES string of the molecule is CN1C(=S)SC(C)(C)C1[N+]([O-])=Cc1ccc([N+](=O)[O-])cc1. The standard InChI is InChI=1S/C13H15N3O3S2/c1-13(2)11(14(3)12(20)21-13)15(17)8-9-4-6-10(7-5-9)16(18)19/h4-8,11H,1-3H3. The third-order valence-corrected chi connectivity index (χ3v) is 4.99. The van der Waals surface area contributed by atoms with Gasteiger partial charge in [0.2, 0.25) is 0 Å². The molecule has 1 saturated heterocycles. The molecule has 0 amide bonds. The number of nitro groups is 1. The summed E-state index contributed by atoms with van der Waals surface area (Å²) in [6, 6.07) is 5.86. The summed E-state index contributed by atoms with van der Waals surface area (Å²) in [6.45, 7) is 3.93. The van der Waals surface area contributed by atoms with Gasteiger partial charge in [-0.15, -0.1) is 0 Å². The minimum Gasteiger partial charge on any atom is -0.622 e. The van der Waals surface area contributed by atoms with E-state index in [9.17, 15) is 15.3 Å². The number of hydrogen-bond donors (Lipinski definition) is 0. The number of nitro benzene ring substituents is 1. The summed E-state index contributed by atoms with van der Waals surface area (Å²) in [5.74, 6) is 0. The van der Waals surface area contributed by atoms with Gasteiger partial charge >= 0.3 is 0 Å². The molecular weight excluding hydrogens is 310 g/mol. The van der Waals surface area contributed by atoms with E-state index in [-0.39, 0.29) is 10.4 Å². The third-order valence-electron chi connectivity index (χ3n) is 3.25. The van der Waals surface area contributed by atoms with E-state index < -0.39 is 11.1 Å². The Hall–Kier alpha value is -1.67. The minimum atomic E-state index is -0.471. The third kappa shape index (κ3) is 3.16. The molecular formula is C13H15N3O3S2. The highest BCUT2D eigenvalue weighted by Crippen LogP contribution is 2.40. The molecule has 1 aromatic carbocycles. The van der Waals surface area contributed by atoms with Crippen LogP contribution in [0.25, 0.3) is 0 Å². The van der Waals surface area contributed by atoms with Gasteiger partial charge in [-0.2, -0.15) is 4.74 Å². The molecule has 112 valence electrons. The summed E-state index contributed by atoms with van der Waals surface area (Å²) in [4.78, 5) is 11.9. The molecule has 8 heteroatoms. The molecule has 0 aromatic heterocycles. The predicted octanol–water partition coefficient (Wildman–Crippen LogP) is 2.59. The molecule has 1 atom stereocenters. The van der Waals surface area contributed by atoms with E-state index in [1.807, 2.05) is 13.8 Å². The Morgan fingerprint density at radius 3 is 2.33 bits per heavy atom. The summed E-state index contributed by atoms with van der Waals surface area (Å²) in [5, 5.41) is 23.0. The van der Waals surface area contributed by atoms with Crippen molar-refractivity contribution in [1.29, 1.82) is 0 Å². The molecule has 1 aliphatic heterocycles. The second-order valence-electron chi connectivity index (χ2n) is 5.29. The van der Waals surface area contributed by atoms with Gasteiger partial charge in [0.05, 0.1) is 4.92 Å². The van der Waals surface area contributed by atoms with Crippen LogP contribution in [0, 0.1) is 15.3 Å². The second kappa shape index (κ2) is 5.61. The first-order chi connectivity index (χ1) is 9.72. The first kappa shape index (κ1) is 15.7. The van der Waals surface area contributed by atoms with Crippen molar-refractivity contribution < 1.29 is 9.66 Å². The molecule has 1 unspecified atom stereocenters. The van der Waals surface area contributed by atoms with Crippen LogP contribution in [0.3, 0.4) is 0 Å². The maximum atomic E-state index is 12.4. The van der Waals surface area contributed by atoms with Crippen molar-refractivity contribution in [3.8, 4) is 0 Å². The van der Waals surface area contributed by atoms with Gasteiger partial charge in [0.25, 0.3) is 11.9 Å². The maximum Gasteiger partial charge on any atom is 0.269 e. The summed E-state index contributed by atoms with van der Waals surface area (Å²) < 4.78 is 1.21. The van der Waals surface area contributed by atoms with E-state index in [1.165, 1.54) is 30.1 Å². The van der Waals surface area contributed by atoms with Gasteiger partial charge < -0.3 is 10.1 Å². The van der Waals surface area contributed by atoms with Crippen LogP contribution in [-0.2, 0) is 0 Å². The van der Waals surface area contributed by atoms with Crippen LogP contribution in [0.5, 0.6) is 0 Å². The highest BCUT2D eigenvalue weighted by molar-refractivity contribution is 8.24. The Morgan fingerprint density at radius 1 is 1.33 bits per heavy atom. The molecule has 2 rings (SSSR count). The van der Waals surface area contributed by atoms with Crippen molar-refractivity contribution in [1.82, 2.24) is 4.90 Å². The van der Waals surface area contributed by atoms with Gasteiger partial charge in [-0.3, -0.25) is 10.1 Å². The molecule has 1 aromatic rings. The van der Waals surface area contributed by atoms with E-state index in [1.54, 1.807) is 24.1 Å². The highest BCUT2D eigenvalue weighted by Gasteiger charge is 2.48. The fourth-order valence-corrected chi connectivity index (χ4v) is 4.10. The summed E-state index contributed by atoms with van der Waals surface area (Å²) >= 11 is 6.72. The largest absolute Gasteiger partial charge is 0.622 e. The fourth-order valence-electron chi connectivity index (χ4n) is 2.29. The van der Waals surface area contributed by atoms with Crippen LogP contribution in [-0.4, -0.2) is 43.1 Å². The first-order valence-electron chi connectivity index (χ1n) is 6.23. The topological polar surface area (TPSA) is 72.5 Å². The van der Waals surface area contributed by atoms with Crippen LogP contribution in [0.15, 0.2) is 24.3 Å². The number of thiocarbonyl (C=S) groups is 1. The van der Waals surface area contributed by atoms with Crippen molar-refractivity contribution in [2.75, 3.05) is 7.05 Å². The number of benzene rings is 1. The number of hydroxylamine groups is 1. The van der Waals surface area contributed by atoms with E-state index in [0.29, 0.717) is 9.88 Å². The normalized spacial score (nSPS) is 21.7. The van der Waals surface area contributed by atoms with Gasteiger partial charge in [0, 0.05) is 24.7 Å². The Labute approximate surface area is 132 Å². The predicted molar refractivity (Wildman–Crippen MR) is 87.7 cm³/mol. The number of nitrogens with zero attached hydrogens (tertiary/aromatic N) is 3. The lowest BCUT2D eigenvalue weighted by Gasteiger charge is -2.27. The van der Waals surface area contributed by atoms with Crippen LogP contribution in [0.2, 0.25) is 0 Å². The smallest absolute Gasteiger partial charge is 0.269 e. The molecule has 0 bridgehead atoms. The summed E-state index contributed by atoms with van der Waals surface area (Å²) in [6.07, 6.45) is 1.02. The Bertz CT molecular complexity index is 614. The summed E-state index contributed by atoms with van der Waals surface area (Å²) in [5.41, 5.74) is 0.613. The number of hydrogen-bond acceptors (Lipinski definition) is 5. The zero-order chi connectivity index (χ0) is 15.8. The Morgan fingerprint density at radius 2 is 1.90 bits per heavy atom. The Balaban J connectivity index is 2.28. The molecule has 0 spiro atoms. The Kier molecular flexibility index (Phi) is 4.20. The van der Waals surface area contributed by atoms with Gasteiger partial charge in [0.1, 0.15) is 9.07 Å². The average Bonchev–Trinajstić information content (AvgIpc) is 2.58. The average molecular weight is 325 g/mol. The molecule has 1 aliphatic rings. The summed E-state index contributed by atoms with van der Waals surface area (Å²) in [7, 11) is 1.79. The van der Waals surface area contributed by atoms with Crippen molar-refractivity contribution >= 4 is 40.2 Å². The van der Waals surface area contributed by atoms with Crippen LogP contribution in [0.4, 0.5) is 5.69 Å². The molecule has 0 N–H and O–H groups in total. The van der Waals surface area contributed by atoms with Gasteiger partial charge in [-0.1, -0.05) is 24.0 Å². The lowest BCUT2D eigenvalue weighted by Crippen LogP contribution is -2.46. The first-order valence-corrected chi connectivity index (χ1v) is 7.45. The van der Waals surface area contributed by atoms with Gasteiger partial charge in [-0.25, -0.2) is 0 Å². The van der Waals surface area contributed by atoms with E-state index in [0.717, 1.165) is 4.74 Å². The van der Waals surface area contributed by atoms with E-state index >= 15 is 0 Å². The second-order valence-corrected chi connectivity index (χ2v) is 7.58. The van der Waals surface area contributed by atoms with Crippen molar-refractivity contribution in [2.24, 2.45) is 0 Å². The number of non-ortho nitro benzene ring substituents is 1. The van der Waals surface area contributed by atoms with Gasteiger partial charge in [-0.05, 0) is 26.0 Å². The van der Waals surface area contributed by atoms with Crippen molar-refractivity contribution in [3.63, 3.8) is 0 Å². The lowest BCUT2D eigenvalue weighted by molar-refractivity contribution is -0.522. The molecule has 0 radical (unpaired) electrons. The zero-order valence-corrected chi connectivity index (χ0v) is 13.5. The van der Waals surface area contributed by atoms with Crippen molar-refractivity contribution in [2.45, 2.75) is 24.8 Å². The van der Waals surface area contributed by atoms with Crippen molar-refractivity contribution in [3.05, 3.63) is 45.2 Å². The van der Waals surface area contributed by atoms with Crippen LogP contribution >= 0.6 is 24.0 Å². The monoisotopic (exact) mass is 325 g/mol. The molecule has 1 heterocycles. The molecule has 0 saturated carbocycles. The minimum absolute atomic E-state index is 0.000327. The number of rotatable bonds is 3. The lowest BCUT2D eigenvalue weighted by atomic mass is 10.1.